The smallest absolute Gasteiger partial charge is 0.315 e. The molecule has 16 heavy (non-hydrogen) atoms. The maximum atomic E-state index is 11.4. The van der Waals surface area contributed by atoms with Gasteiger partial charge in [-0.3, -0.25) is 4.79 Å². The van der Waals surface area contributed by atoms with Crippen molar-refractivity contribution in [3.05, 3.63) is 0 Å². The molecule has 0 heterocycles. The van der Waals surface area contributed by atoms with E-state index in [1.54, 1.807) is 0 Å². The van der Waals surface area contributed by atoms with Crippen molar-refractivity contribution in [2.75, 3.05) is 6.54 Å². The van der Waals surface area contributed by atoms with E-state index in [4.69, 9.17) is 5.11 Å². The summed E-state index contributed by atoms with van der Waals surface area (Å²) >= 11 is 0. The zero-order chi connectivity index (χ0) is 12.1. The Morgan fingerprint density at radius 2 is 2.06 bits per heavy atom. The summed E-state index contributed by atoms with van der Waals surface area (Å²) in [4.78, 5) is 22.1. The van der Waals surface area contributed by atoms with Gasteiger partial charge in [0.1, 0.15) is 0 Å². The van der Waals surface area contributed by atoms with Crippen molar-refractivity contribution in [3.8, 4) is 0 Å². The van der Waals surface area contributed by atoms with Gasteiger partial charge in [-0.05, 0) is 25.2 Å². The molecule has 1 aliphatic carbocycles. The molecule has 0 aromatic heterocycles. The van der Waals surface area contributed by atoms with Crippen LogP contribution in [0, 0.1) is 11.8 Å². The molecule has 0 aliphatic heterocycles. The second-order valence-corrected chi connectivity index (χ2v) is 4.79. The molecular weight excluding hydrogens is 208 g/mol. The van der Waals surface area contributed by atoms with E-state index in [1.165, 1.54) is 0 Å². The lowest BCUT2D eigenvalue weighted by Gasteiger charge is -2.14. The molecule has 1 rings (SSSR count). The Kier molecular flexibility index (Phi) is 4.58. The Labute approximate surface area is 95.6 Å². The molecule has 0 saturated heterocycles. The van der Waals surface area contributed by atoms with Gasteiger partial charge in [0, 0.05) is 12.6 Å². The quantitative estimate of drug-likeness (QED) is 0.676. The highest BCUT2D eigenvalue weighted by atomic mass is 16.4. The number of hydrogen-bond acceptors (Lipinski definition) is 2. The first-order valence-electron chi connectivity index (χ1n) is 5.76. The van der Waals surface area contributed by atoms with E-state index in [2.05, 4.69) is 10.6 Å². The number of carboxylic acid groups (broad SMARTS) is 1. The molecule has 2 unspecified atom stereocenters. The van der Waals surface area contributed by atoms with Gasteiger partial charge in [0.05, 0.1) is 5.92 Å². The average molecular weight is 228 g/mol. The molecule has 5 nitrogen and oxygen atoms in total. The molecule has 3 N–H and O–H groups in total. The van der Waals surface area contributed by atoms with Crippen LogP contribution >= 0.6 is 0 Å². The third kappa shape index (κ3) is 4.08. The SMILES string of the molecule is CC(C)CNC(=O)NC1CCC(C(=O)O)C1. The van der Waals surface area contributed by atoms with Crippen molar-refractivity contribution in [2.45, 2.75) is 39.2 Å². The number of amides is 2. The van der Waals surface area contributed by atoms with E-state index in [1.807, 2.05) is 13.8 Å². The number of hydrogen-bond donors (Lipinski definition) is 3. The third-order valence-electron chi connectivity index (χ3n) is 2.79. The highest BCUT2D eigenvalue weighted by Gasteiger charge is 2.30. The monoisotopic (exact) mass is 228 g/mol. The number of carbonyl (C=O) groups excluding carboxylic acids is 1. The molecular formula is C11H20N2O3. The van der Waals surface area contributed by atoms with E-state index < -0.39 is 5.97 Å². The van der Waals surface area contributed by atoms with Gasteiger partial charge in [-0.1, -0.05) is 13.8 Å². The van der Waals surface area contributed by atoms with Gasteiger partial charge in [-0.25, -0.2) is 4.79 Å². The molecule has 5 heteroatoms. The number of nitrogens with one attached hydrogen (secondary N) is 2. The van der Waals surface area contributed by atoms with Crippen LogP contribution in [0.3, 0.4) is 0 Å². The second kappa shape index (κ2) is 5.72. The summed E-state index contributed by atoms with van der Waals surface area (Å²) < 4.78 is 0. The molecule has 0 bridgehead atoms. The van der Waals surface area contributed by atoms with E-state index in [0.717, 1.165) is 6.42 Å². The molecule has 0 spiro atoms. The summed E-state index contributed by atoms with van der Waals surface area (Å²) in [5.41, 5.74) is 0. The summed E-state index contributed by atoms with van der Waals surface area (Å²) in [7, 11) is 0. The zero-order valence-electron chi connectivity index (χ0n) is 9.82. The van der Waals surface area contributed by atoms with Crippen molar-refractivity contribution in [1.82, 2.24) is 10.6 Å². The van der Waals surface area contributed by atoms with E-state index in [9.17, 15) is 9.59 Å². The van der Waals surface area contributed by atoms with Crippen LogP contribution in [-0.2, 0) is 4.79 Å². The zero-order valence-corrected chi connectivity index (χ0v) is 9.82. The summed E-state index contributed by atoms with van der Waals surface area (Å²) in [6.45, 7) is 4.69. The van der Waals surface area contributed by atoms with Crippen molar-refractivity contribution < 1.29 is 14.7 Å². The number of carbonyl (C=O) groups is 2. The lowest BCUT2D eigenvalue weighted by Crippen LogP contribution is -2.42. The minimum Gasteiger partial charge on any atom is -0.481 e. The third-order valence-corrected chi connectivity index (χ3v) is 2.79. The Bertz CT molecular complexity index is 266. The Hall–Kier alpha value is -1.26. The molecule has 2 amide bonds. The molecule has 0 aromatic carbocycles. The standard InChI is InChI=1S/C11H20N2O3/c1-7(2)6-12-11(16)13-9-4-3-8(5-9)10(14)15/h7-9H,3-6H2,1-2H3,(H,14,15)(H2,12,13,16). The largest absolute Gasteiger partial charge is 0.481 e. The summed E-state index contributed by atoms with van der Waals surface area (Å²) in [5, 5.41) is 14.4. The van der Waals surface area contributed by atoms with Crippen LogP contribution in [0.25, 0.3) is 0 Å². The Morgan fingerprint density at radius 1 is 1.38 bits per heavy atom. The average Bonchev–Trinajstić information content (AvgIpc) is 2.63. The van der Waals surface area contributed by atoms with Crippen LogP contribution in [0.1, 0.15) is 33.1 Å². The molecule has 92 valence electrons. The molecule has 0 aromatic rings. The minimum absolute atomic E-state index is 0.00765. The van der Waals surface area contributed by atoms with Gasteiger partial charge in [0.25, 0.3) is 0 Å². The van der Waals surface area contributed by atoms with Crippen LogP contribution < -0.4 is 10.6 Å². The van der Waals surface area contributed by atoms with Crippen LogP contribution in [-0.4, -0.2) is 29.7 Å². The normalized spacial score (nSPS) is 24.4. The first-order chi connectivity index (χ1) is 7.49. The maximum absolute atomic E-state index is 11.4. The van der Waals surface area contributed by atoms with Crippen LogP contribution in [0.2, 0.25) is 0 Å². The second-order valence-electron chi connectivity index (χ2n) is 4.79. The first-order valence-corrected chi connectivity index (χ1v) is 5.76. The lowest BCUT2D eigenvalue weighted by atomic mass is 10.1. The topological polar surface area (TPSA) is 78.4 Å². The highest BCUT2D eigenvalue weighted by molar-refractivity contribution is 5.75. The summed E-state index contributed by atoms with van der Waals surface area (Å²) in [6, 6.07) is -0.182. The Balaban J connectivity index is 2.23. The van der Waals surface area contributed by atoms with Gasteiger partial charge in [-0.15, -0.1) is 0 Å². The van der Waals surface area contributed by atoms with E-state index in [0.29, 0.717) is 25.3 Å². The maximum Gasteiger partial charge on any atom is 0.315 e. The molecule has 1 aliphatic rings. The number of carboxylic acids is 1. The van der Waals surface area contributed by atoms with Crippen molar-refractivity contribution in [1.29, 1.82) is 0 Å². The molecule has 1 fully saturated rings. The highest BCUT2D eigenvalue weighted by Crippen LogP contribution is 2.25. The lowest BCUT2D eigenvalue weighted by molar-refractivity contribution is -0.141. The van der Waals surface area contributed by atoms with Crippen LogP contribution in [0.4, 0.5) is 4.79 Å². The fraction of sp³-hybridized carbons (Fsp3) is 0.818. The Morgan fingerprint density at radius 3 is 2.56 bits per heavy atom. The fourth-order valence-electron chi connectivity index (χ4n) is 1.87. The first kappa shape index (κ1) is 12.8. The minimum atomic E-state index is -0.758. The summed E-state index contributed by atoms with van der Waals surface area (Å²) in [5.74, 6) is -0.636. The van der Waals surface area contributed by atoms with E-state index in [-0.39, 0.29) is 18.0 Å². The van der Waals surface area contributed by atoms with Gasteiger partial charge in [-0.2, -0.15) is 0 Å². The van der Waals surface area contributed by atoms with Crippen molar-refractivity contribution >= 4 is 12.0 Å². The van der Waals surface area contributed by atoms with Gasteiger partial charge < -0.3 is 15.7 Å². The number of aliphatic carboxylic acids is 1. The predicted molar refractivity (Wildman–Crippen MR) is 60.1 cm³/mol. The van der Waals surface area contributed by atoms with Crippen molar-refractivity contribution in [2.24, 2.45) is 11.8 Å². The predicted octanol–water partition coefficient (Wildman–Crippen LogP) is 1.19. The van der Waals surface area contributed by atoms with Crippen molar-refractivity contribution in [3.63, 3.8) is 0 Å². The molecule has 0 radical (unpaired) electrons. The van der Waals surface area contributed by atoms with Crippen LogP contribution in [0.15, 0.2) is 0 Å². The fourth-order valence-corrected chi connectivity index (χ4v) is 1.87. The molecule has 1 saturated carbocycles. The van der Waals surface area contributed by atoms with Gasteiger partial charge >= 0.3 is 12.0 Å². The molecule has 2 atom stereocenters. The number of rotatable bonds is 4. The van der Waals surface area contributed by atoms with E-state index >= 15 is 0 Å². The van der Waals surface area contributed by atoms with Gasteiger partial charge in [0.2, 0.25) is 0 Å². The number of urea groups is 1. The summed E-state index contributed by atoms with van der Waals surface area (Å²) in [6.07, 6.45) is 1.96. The van der Waals surface area contributed by atoms with Gasteiger partial charge in [0.15, 0.2) is 0 Å². The van der Waals surface area contributed by atoms with Crippen LogP contribution in [0.5, 0.6) is 0 Å².